The smallest absolute Gasteiger partial charge is 0.0489 e. The van der Waals surface area contributed by atoms with Crippen LogP contribution >= 0.6 is 0 Å². The van der Waals surface area contributed by atoms with Gasteiger partial charge in [0.05, 0.1) is 0 Å². The Hall–Kier alpha value is -0.420. The minimum Gasteiger partial charge on any atom is -0.303 e. The van der Waals surface area contributed by atoms with E-state index in [4.69, 9.17) is 0 Å². The Balaban J connectivity index is 2.11. The van der Waals surface area contributed by atoms with Crippen LogP contribution in [0.4, 0.5) is 0 Å². The van der Waals surface area contributed by atoms with Crippen LogP contribution in [0.1, 0.15) is 27.7 Å². The lowest BCUT2D eigenvalue weighted by atomic mass is 9.86. The Kier molecular flexibility index (Phi) is 4.43. The highest BCUT2D eigenvalue weighted by molar-refractivity contribution is 5.23. The second kappa shape index (κ2) is 5.70. The monoisotopic (exact) mass is 252 g/mol. The molecule has 2 aliphatic heterocycles. The normalized spacial score (nSPS) is 25.9. The first-order valence-electron chi connectivity index (χ1n) is 7.14. The maximum atomic E-state index is 3.44. The van der Waals surface area contributed by atoms with Crippen LogP contribution in [0, 0.1) is 0 Å². The van der Waals surface area contributed by atoms with Crippen LogP contribution in [0.5, 0.6) is 0 Å². The molecule has 0 aliphatic carbocycles. The van der Waals surface area contributed by atoms with E-state index in [2.05, 4.69) is 54.2 Å². The lowest BCUT2D eigenvalue weighted by molar-refractivity contribution is 0.159. The molecule has 2 aliphatic rings. The van der Waals surface area contributed by atoms with Gasteiger partial charge < -0.3 is 10.6 Å². The zero-order valence-electron chi connectivity index (χ0n) is 12.3. The van der Waals surface area contributed by atoms with Crippen molar-refractivity contribution < 1.29 is 0 Å². The van der Waals surface area contributed by atoms with Crippen molar-refractivity contribution >= 4 is 0 Å². The fraction of sp³-hybridized carbons (Fsp3) is 0.857. The summed E-state index contributed by atoms with van der Waals surface area (Å²) in [6.45, 7) is 15.8. The molecule has 104 valence electrons. The number of nitrogens with one attached hydrogen (secondary N) is 2. The summed E-state index contributed by atoms with van der Waals surface area (Å²) >= 11 is 0. The van der Waals surface area contributed by atoms with Crippen molar-refractivity contribution in [3.8, 4) is 0 Å². The summed E-state index contributed by atoms with van der Waals surface area (Å²) in [7, 11) is 0. The van der Waals surface area contributed by atoms with Crippen molar-refractivity contribution in [2.45, 2.75) is 39.3 Å². The van der Waals surface area contributed by atoms with Crippen LogP contribution in [-0.2, 0) is 0 Å². The molecule has 0 radical (unpaired) electrons. The van der Waals surface area contributed by atoms with Crippen LogP contribution in [0.15, 0.2) is 11.6 Å². The van der Waals surface area contributed by atoms with Gasteiger partial charge in [-0.25, -0.2) is 0 Å². The van der Waals surface area contributed by atoms with E-state index in [0.717, 1.165) is 39.5 Å². The summed E-state index contributed by atoms with van der Waals surface area (Å²) in [6.07, 6.45) is 2.32. The van der Waals surface area contributed by atoms with Gasteiger partial charge in [0, 0.05) is 51.1 Å². The molecule has 0 aromatic heterocycles. The van der Waals surface area contributed by atoms with Crippen molar-refractivity contribution in [3.63, 3.8) is 0 Å². The van der Waals surface area contributed by atoms with Crippen molar-refractivity contribution in [1.82, 2.24) is 20.4 Å². The van der Waals surface area contributed by atoms with Gasteiger partial charge in [-0.1, -0.05) is 6.08 Å². The topological polar surface area (TPSA) is 30.5 Å². The van der Waals surface area contributed by atoms with E-state index in [1.54, 1.807) is 0 Å². The maximum absolute atomic E-state index is 3.44. The predicted octanol–water partition coefficient (Wildman–Crippen LogP) is 0.825. The van der Waals surface area contributed by atoms with Gasteiger partial charge in [-0.15, -0.1) is 0 Å². The van der Waals surface area contributed by atoms with E-state index in [1.807, 2.05) is 0 Å². The van der Waals surface area contributed by atoms with Crippen molar-refractivity contribution in [1.29, 1.82) is 0 Å². The second-order valence-corrected chi connectivity index (χ2v) is 5.87. The molecule has 2 fully saturated rings. The molecule has 0 bridgehead atoms. The van der Waals surface area contributed by atoms with E-state index < -0.39 is 0 Å². The van der Waals surface area contributed by atoms with E-state index in [0.29, 0.717) is 6.04 Å². The number of rotatable bonds is 4. The Morgan fingerprint density at radius 2 is 1.83 bits per heavy atom. The quantitative estimate of drug-likeness (QED) is 0.726. The van der Waals surface area contributed by atoms with Gasteiger partial charge in [0.15, 0.2) is 0 Å². The summed E-state index contributed by atoms with van der Waals surface area (Å²) < 4.78 is 0. The van der Waals surface area contributed by atoms with Crippen LogP contribution in [0.3, 0.4) is 0 Å². The molecule has 0 aromatic rings. The second-order valence-electron chi connectivity index (χ2n) is 5.87. The van der Waals surface area contributed by atoms with Crippen LogP contribution < -0.4 is 10.6 Å². The number of allylic oxidation sites excluding steroid dienone is 1. The third-order valence-corrected chi connectivity index (χ3v) is 4.56. The SMILES string of the molecule is C/C=C(\C(C)N1CCNC1)C(C)(C)N1CCNC1. The summed E-state index contributed by atoms with van der Waals surface area (Å²) in [4.78, 5) is 5.07. The average molecular weight is 252 g/mol. The number of nitrogens with zero attached hydrogens (tertiary/aromatic N) is 2. The molecule has 18 heavy (non-hydrogen) atoms. The molecule has 1 unspecified atom stereocenters. The lowest BCUT2D eigenvalue weighted by Gasteiger charge is -2.42. The van der Waals surface area contributed by atoms with Crippen LogP contribution in [0.2, 0.25) is 0 Å². The highest BCUT2D eigenvalue weighted by atomic mass is 15.3. The Labute approximate surface area is 111 Å². The van der Waals surface area contributed by atoms with E-state index >= 15 is 0 Å². The van der Waals surface area contributed by atoms with Gasteiger partial charge in [0.25, 0.3) is 0 Å². The third kappa shape index (κ3) is 2.62. The first-order chi connectivity index (χ1) is 8.57. The molecular formula is C14H28N4. The highest BCUT2D eigenvalue weighted by Crippen LogP contribution is 2.29. The zero-order valence-corrected chi connectivity index (χ0v) is 12.3. The van der Waals surface area contributed by atoms with Crippen molar-refractivity contribution in [2.24, 2.45) is 0 Å². The summed E-state index contributed by atoms with van der Waals surface area (Å²) in [5.74, 6) is 0. The number of hydrogen-bond donors (Lipinski definition) is 2. The molecule has 1 atom stereocenters. The summed E-state index contributed by atoms with van der Waals surface area (Å²) in [5, 5.41) is 6.86. The fourth-order valence-corrected chi connectivity index (χ4v) is 3.32. The predicted molar refractivity (Wildman–Crippen MR) is 76.4 cm³/mol. The summed E-state index contributed by atoms with van der Waals surface area (Å²) in [5.41, 5.74) is 1.68. The number of hydrogen-bond acceptors (Lipinski definition) is 4. The van der Waals surface area contributed by atoms with Crippen molar-refractivity contribution in [3.05, 3.63) is 11.6 Å². The van der Waals surface area contributed by atoms with Gasteiger partial charge in [0.2, 0.25) is 0 Å². The van der Waals surface area contributed by atoms with Gasteiger partial charge in [-0.05, 0) is 33.3 Å². The zero-order chi connectivity index (χ0) is 13.2. The molecule has 0 aromatic carbocycles. The molecule has 0 amide bonds. The Morgan fingerprint density at radius 1 is 1.17 bits per heavy atom. The lowest BCUT2D eigenvalue weighted by Crippen LogP contribution is -2.50. The third-order valence-electron chi connectivity index (χ3n) is 4.56. The van der Waals surface area contributed by atoms with E-state index in [1.165, 1.54) is 5.57 Å². The van der Waals surface area contributed by atoms with E-state index in [-0.39, 0.29) is 5.54 Å². The highest BCUT2D eigenvalue weighted by Gasteiger charge is 2.36. The Bertz CT molecular complexity index is 299. The minimum absolute atomic E-state index is 0.139. The van der Waals surface area contributed by atoms with Gasteiger partial charge >= 0.3 is 0 Å². The molecule has 4 heteroatoms. The van der Waals surface area contributed by atoms with Crippen molar-refractivity contribution in [2.75, 3.05) is 39.5 Å². The molecule has 2 heterocycles. The fourth-order valence-electron chi connectivity index (χ4n) is 3.32. The van der Waals surface area contributed by atoms with Gasteiger partial charge in [-0.3, -0.25) is 9.80 Å². The molecule has 0 spiro atoms. The molecule has 0 saturated carbocycles. The first kappa shape index (κ1) is 14.0. The molecule has 2 N–H and O–H groups in total. The molecule has 2 rings (SSSR count). The van der Waals surface area contributed by atoms with Gasteiger partial charge in [0.1, 0.15) is 0 Å². The minimum atomic E-state index is 0.139. The largest absolute Gasteiger partial charge is 0.303 e. The van der Waals surface area contributed by atoms with Gasteiger partial charge in [-0.2, -0.15) is 0 Å². The van der Waals surface area contributed by atoms with Crippen LogP contribution in [0.25, 0.3) is 0 Å². The molecule has 4 nitrogen and oxygen atoms in total. The first-order valence-corrected chi connectivity index (χ1v) is 7.14. The standard InChI is InChI=1S/C14H28N4/c1-5-13(12(2)17-8-6-15-10-17)14(3,4)18-9-7-16-11-18/h5,12,15-16H,6-11H2,1-4H3/b13-5+. The van der Waals surface area contributed by atoms with Crippen LogP contribution in [-0.4, -0.2) is 60.9 Å². The Morgan fingerprint density at radius 3 is 2.33 bits per heavy atom. The summed E-state index contributed by atoms with van der Waals surface area (Å²) in [6, 6.07) is 0.514. The van der Waals surface area contributed by atoms with E-state index in [9.17, 15) is 0 Å². The average Bonchev–Trinajstić information content (AvgIpc) is 3.03. The molecule has 2 saturated heterocycles. The maximum Gasteiger partial charge on any atom is 0.0489 e. The molecular weight excluding hydrogens is 224 g/mol.